The van der Waals surface area contributed by atoms with Crippen LogP contribution in [0, 0.1) is 0 Å². The Kier molecular flexibility index (Phi) is 8.35. The Morgan fingerprint density at radius 1 is 1.16 bits per heavy atom. The molecule has 6 nitrogen and oxygen atoms in total. The van der Waals surface area contributed by atoms with Crippen LogP contribution in [0.2, 0.25) is 10.0 Å². The van der Waals surface area contributed by atoms with E-state index in [-0.39, 0.29) is 12.3 Å². The van der Waals surface area contributed by atoms with E-state index >= 15 is 0 Å². The summed E-state index contributed by atoms with van der Waals surface area (Å²) in [5, 5.41) is 3.95. The number of nitrogens with one attached hydrogen (secondary N) is 1. The summed E-state index contributed by atoms with van der Waals surface area (Å²) in [7, 11) is 4.01. The number of rotatable bonds is 10. The molecule has 0 radical (unpaired) electrons. The zero-order valence-electron chi connectivity index (χ0n) is 17.5. The van der Waals surface area contributed by atoms with Crippen molar-refractivity contribution in [3.63, 3.8) is 0 Å². The molecule has 0 bridgehead atoms. The molecule has 0 aliphatic heterocycles. The molecule has 0 saturated heterocycles. The van der Waals surface area contributed by atoms with Crippen LogP contribution < -0.4 is 10.1 Å². The van der Waals surface area contributed by atoms with Crippen LogP contribution in [0.5, 0.6) is 5.75 Å². The fourth-order valence-electron chi connectivity index (χ4n) is 2.80. The van der Waals surface area contributed by atoms with Crippen molar-refractivity contribution in [2.24, 2.45) is 0 Å². The van der Waals surface area contributed by atoms with Crippen molar-refractivity contribution in [1.82, 2.24) is 15.2 Å². The van der Waals surface area contributed by atoms with Crippen molar-refractivity contribution < 1.29 is 13.9 Å². The number of benzene rings is 2. The zero-order valence-corrected chi connectivity index (χ0v) is 19.0. The van der Waals surface area contributed by atoms with Gasteiger partial charge in [-0.3, -0.25) is 4.79 Å². The van der Waals surface area contributed by atoms with Crippen molar-refractivity contribution in [3.8, 4) is 17.1 Å². The third-order valence-corrected chi connectivity index (χ3v) is 5.08. The topological polar surface area (TPSA) is 67.6 Å². The average Bonchev–Trinajstić information content (AvgIpc) is 3.20. The van der Waals surface area contributed by atoms with E-state index in [1.807, 2.05) is 38.4 Å². The van der Waals surface area contributed by atoms with Gasteiger partial charge in [0, 0.05) is 36.5 Å². The Morgan fingerprint density at radius 3 is 2.65 bits per heavy atom. The molecule has 3 rings (SSSR count). The third-order valence-electron chi connectivity index (χ3n) is 4.54. The Bertz CT molecular complexity index is 1000. The summed E-state index contributed by atoms with van der Waals surface area (Å²) in [6, 6.07) is 12.9. The number of halogens is 2. The van der Waals surface area contributed by atoms with E-state index in [1.54, 1.807) is 24.4 Å². The van der Waals surface area contributed by atoms with Crippen molar-refractivity contribution >= 4 is 29.1 Å². The molecule has 2 aromatic carbocycles. The number of hydrogen-bond donors (Lipinski definition) is 1. The first-order valence-electron chi connectivity index (χ1n) is 9.94. The van der Waals surface area contributed by atoms with Crippen molar-refractivity contribution in [1.29, 1.82) is 0 Å². The molecule has 0 aliphatic rings. The minimum Gasteiger partial charge on any atom is -0.492 e. The molecule has 1 N–H and O–H groups in total. The van der Waals surface area contributed by atoms with Gasteiger partial charge in [-0.25, -0.2) is 4.98 Å². The molecular weight excluding hydrogens is 437 g/mol. The molecule has 0 atom stereocenters. The second kappa shape index (κ2) is 11.2. The fourth-order valence-corrected chi connectivity index (χ4v) is 3.30. The van der Waals surface area contributed by atoms with Crippen LogP contribution in [-0.4, -0.2) is 43.0 Å². The summed E-state index contributed by atoms with van der Waals surface area (Å²) in [4.78, 5) is 18.5. The molecular formula is C23H25Cl2N3O3. The summed E-state index contributed by atoms with van der Waals surface area (Å²) in [6.07, 6.45) is 2.28. The molecule has 8 heteroatoms. The highest BCUT2D eigenvalue weighted by Gasteiger charge is 2.12. The van der Waals surface area contributed by atoms with E-state index in [0.29, 0.717) is 46.8 Å². The lowest BCUT2D eigenvalue weighted by Crippen LogP contribution is -2.23. The van der Waals surface area contributed by atoms with E-state index in [2.05, 4.69) is 15.2 Å². The summed E-state index contributed by atoms with van der Waals surface area (Å²) < 4.78 is 11.4. The molecule has 31 heavy (non-hydrogen) atoms. The van der Waals surface area contributed by atoms with Gasteiger partial charge in [0.25, 0.3) is 0 Å². The van der Waals surface area contributed by atoms with E-state index in [1.165, 1.54) is 0 Å². The number of nitrogens with zero attached hydrogens (tertiary/aromatic N) is 2. The Labute approximate surface area is 192 Å². The smallest absolute Gasteiger partial charge is 0.220 e. The first-order chi connectivity index (χ1) is 14.9. The summed E-state index contributed by atoms with van der Waals surface area (Å²) in [5.74, 6) is 1.77. The number of carbonyl (C=O) groups excluding carboxylic acids is 1. The molecule has 0 aliphatic carbocycles. The fraction of sp³-hybridized carbons (Fsp3) is 0.304. The molecule has 1 aromatic heterocycles. The van der Waals surface area contributed by atoms with Crippen molar-refractivity contribution in [2.75, 3.05) is 27.2 Å². The van der Waals surface area contributed by atoms with E-state index in [4.69, 9.17) is 32.4 Å². The maximum Gasteiger partial charge on any atom is 0.220 e. The number of likely N-dealkylation sites (N-methyl/N-ethyl adjacent to an activating group) is 1. The summed E-state index contributed by atoms with van der Waals surface area (Å²) in [6.45, 7) is 1.94. The van der Waals surface area contributed by atoms with E-state index in [0.717, 1.165) is 17.9 Å². The monoisotopic (exact) mass is 461 g/mol. The lowest BCUT2D eigenvalue weighted by molar-refractivity contribution is -0.121. The molecule has 0 unspecified atom stereocenters. The molecule has 0 spiro atoms. The van der Waals surface area contributed by atoms with Crippen LogP contribution in [0.3, 0.4) is 0 Å². The Morgan fingerprint density at radius 2 is 1.94 bits per heavy atom. The molecule has 1 heterocycles. The van der Waals surface area contributed by atoms with Gasteiger partial charge in [0.1, 0.15) is 12.4 Å². The number of aryl methyl sites for hydroxylation is 1. The molecule has 1 amide bonds. The standard InChI is InChI=1S/C23H25Cl2N3O3/c1-28(2)11-12-30-18-6-3-16(4-7-18)14-26-22(29)9-10-23-27-15-21(31-23)19-8-5-17(24)13-20(19)25/h3-8,13,15H,9-12,14H2,1-2H3,(H,26,29). The van der Waals surface area contributed by atoms with Gasteiger partial charge < -0.3 is 19.4 Å². The van der Waals surface area contributed by atoms with Crippen molar-refractivity contribution in [2.45, 2.75) is 19.4 Å². The minimum atomic E-state index is -0.0735. The summed E-state index contributed by atoms with van der Waals surface area (Å²) >= 11 is 12.1. The average molecular weight is 462 g/mol. The second-order valence-corrected chi connectivity index (χ2v) is 8.16. The van der Waals surface area contributed by atoms with Gasteiger partial charge in [0.05, 0.1) is 11.2 Å². The number of aromatic nitrogens is 1. The number of ether oxygens (including phenoxy) is 1. The van der Waals surface area contributed by atoms with Gasteiger partial charge in [-0.2, -0.15) is 0 Å². The third kappa shape index (κ3) is 7.28. The van der Waals surface area contributed by atoms with Crippen LogP contribution in [0.1, 0.15) is 17.9 Å². The first-order valence-corrected chi connectivity index (χ1v) is 10.7. The van der Waals surface area contributed by atoms with Crippen molar-refractivity contribution in [3.05, 3.63) is 70.2 Å². The largest absolute Gasteiger partial charge is 0.492 e. The van der Waals surface area contributed by atoms with Crippen LogP contribution in [0.15, 0.2) is 53.1 Å². The van der Waals surface area contributed by atoms with Crippen LogP contribution in [0.4, 0.5) is 0 Å². The highest BCUT2D eigenvalue weighted by molar-refractivity contribution is 6.36. The van der Waals surface area contributed by atoms with Gasteiger partial charge >= 0.3 is 0 Å². The maximum atomic E-state index is 12.2. The molecule has 164 valence electrons. The zero-order chi connectivity index (χ0) is 22.2. The van der Waals surface area contributed by atoms with Gasteiger partial charge in [0.2, 0.25) is 5.91 Å². The number of hydrogen-bond acceptors (Lipinski definition) is 5. The number of amides is 1. The van der Waals surface area contributed by atoms with Crippen LogP contribution in [-0.2, 0) is 17.8 Å². The maximum absolute atomic E-state index is 12.2. The van der Waals surface area contributed by atoms with Crippen LogP contribution in [0.25, 0.3) is 11.3 Å². The Balaban J connectivity index is 1.43. The lowest BCUT2D eigenvalue weighted by atomic mass is 10.2. The predicted molar refractivity (Wildman–Crippen MR) is 123 cm³/mol. The molecule has 0 fully saturated rings. The SMILES string of the molecule is CN(C)CCOc1ccc(CNC(=O)CCc2ncc(-c3ccc(Cl)cc3Cl)o2)cc1. The van der Waals surface area contributed by atoms with Gasteiger partial charge in [-0.05, 0) is 50.0 Å². The highest BCUT2D eigenvalue weighted by Crippen LogP contribution is 2.30. The quantitative estimate of drug-likeness (QED) is 0.467. The predicted octanol–water partition coefficient (Wildman–Crippen LogP) is 4.84. The van der Waals surface area contributed by atoms with Gasteiger partial charge in [-0.1, -0.05) is 35.3 Å². The number of carbonyl (C=O) groups is 1. The molecule has 0 saturated carbocycles. The van der Waals surface area contributed by atoms with E-state index in [9.17, 15) is 4.79 Å². The molecule has 3 aromatic rings. The summed E-state index contributed by atoms with van der Waals surface area (Å²) in [5.41, 5.74) is 1.72. The lowest BCUT2D eigenvalue weighted by Gasteiger charge is -2.11. The second-order valence-electron chi connectivity index (χ2n) is 7.31. The first kappa shape index (κ1) is 23.1. The van der Waals surface area contributed by atoms with Gasteiger partial charge in [0.15, 0.2) is 11.7 Å². The Hall–Kier alpha value is -2.54. The normalized spacial score (nSPS) is 11.0. The highest BCUT2D eigenvalue weighted by atomic mass is 35.5. The number of oxazole rings is 1. The van der Waals surface area contributed by atoms with Crippen LogP contribution >= 0.6 is 23.2 Å². The minimum absolute atomic E-state index is 0.0735. The van der Waals surface area contributed by atoms with Gasteiger partial charge in [-0.15, -0.1) is 0 Å². The van der Waals surface area contributed by atoms with E-state index < -0.39 is 0 Å².